The van der Waals surface area contributed by atoms with E-state index in [2.05, 4.69) is 20.9 Å². The highest BCUT2D eigenvalue weighted by Gasteiger charge is 2.31. The summed E-state index contributed by atoms with van der Waals surface area (Å²) in [7, 11) is 0. The Morgan fingerprint density at radius 1 is 0.892 bits per heavy atom. The number of carboxylic acid groups (broad SMARTS) is 1. The topological polar surface area (TPSA) is 278 Å². The number of nitrogens with zero attached hydrogens (tertiary/aromatic N) is 1. The third-order valence-electron chi connectivity index (χ3n) is 5.02. The molecule has 1 rings (SSSR count). The van der Waals surface area contributed by atoms with Crippen LogP contribution in [0.4, 0.5) is 0 Å². The number of aromatic hydroxyl groups is 1. The van der Waals surface area contributed by atoms with Crippen molar-refractivity contribution in [2.45, 2.75) is 56.8 Å². The van der Waals surface area contributed by atoms with Crippen molar-refractivity contribution in [1.29, 1.82) is 0 Å². The zero-order valence-electron chi connectivity index (χ0n) is 20.3. The standard InChI is InChI=1S/C22H34N8O7/c1-11(23)18(33)28-14(3-2-8-27-22(25)26)19(34)29-15(10-17(24)32)20(35)30-16(21(36)37)9-12-4-6-13(31)7-5-12/h4-7,11,14-16,31H,2-3,8-10,23H2,1H3,(H2,24,32)(H,28,33)(H,29,34)(H,30,35)(H,36,37)(H4,25,26,27). The van der Waals surface area contributed by atoms with E-state index in [1.807, 2.05) is 0 Å². The number of nitrogens with two attached hydrogens (primary N) is 4. The third kappa shape index (κ3) is 11.7. The fourth-order valence-corrected chi connectivity index (χ4v) is 3.10. The van der Waals surface area contributed by atoms with Crippen LogP contribution in [0.1, 0.15) is 31.7 Å². The van der Waals surface area contributed by atoms with E-state index in [0.29, 0.717) is 5.56 Å². The van der Waals surface area contributed by atoms with Gasteiger partial charge >= 0.3 is 5.97 Å². The molecule has 0 saturated heterocycles. The van der Waals surface area contributed by atoms with E-state index in [0.717, 1.165) is 0 Å². The molecule has 0 fully saturated rings. The van der Waals surface area contributed by atoms with Gasteiger partial charge in [0.1, 0.15) is 23.9 Å². The first-order valence-corrected chi connectivity index (χ1v) is 11.3. The number of aliphatic carboxylic acids is 1. The van der Waals surface area contributed by atoms with Gasteiger partial charge in [-0.2, -0.15) is 0 Å². The molecule has 0 radical (unpaired) electrons. The highest BCUT2D eigenvalue weighted by atomic mass is 16.4. The summed E-state index contributed by atoms with van der Waals surface area (Å²) in [6.07, 6.45) is -0.443. The predicted octanol–water partition coefficient (Wildman–Crippen LogP) is -3.25. The molecular weight excluding hydrogens is 488 g/mol. The number of carboxylic acids is 1. The minimum atomic E-state index is -1.53. The Morgan fingerprint density at radius 3 is 1.95 bits per heavy atom. The van der Waals surface area contributed by atoms with Crippen molar-refractivity contribution in [1.82, 2.24) is 16.0 Å². The van der Waals surface area contributed by atoms with Gasteiger partial charge in [-0.25, -0.2) is 4.79 Å². The molecule has 1 aromatic carbocycles. The van der Waals surface area contributed by atoms with E-state index in [4.69, 9.17) is 22.9 Å². The Balaban J connectivity index is 3.01. The number of amides is 4. The minimum absolute atomic E-state index is 0.0205. The number of rotatable bonds is 15. The number of primary amides is 1. The van der Waals surface area contributed by atoms with E-state index in [9.17, 15) is 34.2 Å². The molecule has 0 aromatic heterocycles. The number of nitrogens with one attached hydrogen (secondary N) is 3. The first-order valence-electron chi connectivity index (χ1n) is 11.3. The summed E-state index contributed by atoms with van der Waals surface area (Å²) in [5.41, 5.74) is 21.8. The zero-order chi connectivity index (χ0) is 28.1. The molecule has 4 amide bonds. The van der Waals surface area contributed by atoms with Gasteiger partial charge in [0, 0.05) is 13.0 Å². The molecule has 0 aliphatic heterocycles. The normalized spacial score (nSPS) is 13.8. The van der Waals surface area contributed by atoms with Gasteiger partial charge in [-0.15, -0.1) is 0 Å². The van der Waals surface area contributed by atoms with Crippen molar-refractivity contribution in [2.75, 3.05) is 6.54 Å². The highest BCUT2D eigenvalue weighted by Crippen LogP contribution is 2.12. The molecule has 0 bridgehead atoms. The van der Waals surface area contributed by atoms with Crippen LogP contribution in [-0.4, -0.2) is 76.5 Å². The van der Waals surface area contributed by atoms with Gasteiger partial charge in [0.15, 0.2) is 5.96 Å². The number of carbonyl (C=O) groups excluding carboxylic acids is 4. The maximum atomic E-state index is 12.9. The molecule has 37 heavy (non-hydrogen) atoms. The Bertz CT molecular complexity index is 993. The molecule has 1 aromatic rings. The summed E-state index contributed by atoms with van der Waals surface area (Å²) in [6.45, 7) is 1.57. The number of hydrogen-bond donors (Lipinski definition) is 9. The molecule has 15 nitrogen and oxygen atoms in total. The minimum Gasteiger partial charge on any atom is -0.508 e. The first-order chi connectivity index (χ1) is 17.3. The van der Waals surface area contributed by atoms with E-state index in [1.165, 1.54) is 31.2 Å². The van der Waals surface area contributed by atoms with Gasteiger partial charge in [-0.1, -0.05) is 12.1 Å². The number of phenolic OH excluding ortho intramolecular Hbond substituents is 1. The third-order valence-corrected chi connectivity index (χ3v) is 5.02. The summed E-state index contributed by atoms with van der Waals surface area (Å²) in [4.78, 5) is 65.0. The van der Waals surface area contributed by atoms with Gasteiger partial charge in [0.05, 0.1) is 12.5 Å². The molecule has 204 valence electrons. The van der Waals surface area contributed by atoms with Crippen molar-refractivity contribution in [3.63, 3.8) is 0 Å². The second kappa shape index (κ2) is 14.9. The summed E-state index contributed by atoms with van der Waals surface area (Å²) in [5.74, 6) is -4.92. The van der Waals surface area contributed by atoms with Crippen molar-refractivity contribution >= 4 is 35.6 Å². The lowest BCUT2D eigenvalue weighted by molar-refractivity contribution is -0.142. The van der Waals surface area contributed by atoms with Crippen molar-refractivity contribution < 1.29 is 34.2 Å². The summed E-state index contributed by atoms with van der Waals surface area (Å²) in [5, 5.41) is 26.0. The maximum absolute atomic E-state index is 12.9. The monoisotopic (exact) mass is 522 g/mol. The van der Waals surface area contributed by atoms with Gasteiger partial charge in [-0.3, -0.25) is 24.2 Å². The van der Waals surface area contributed by atoms with Gasteiger partial charge in [-0.05, 0) is 37.5 Å². The van der Waals surface area contributed by atoms with Crippen molar-refractivity contribution in [2.24, 2.45) is 27.9 Å². The molecule has 13 N–H and O–H groups in total. The molecule has 0 aliphatic rings. The Kier molecular flexibility index (Phi) is 12.3. The van der Waals surface area contributed by atoms with Crippen LogP contribution in [0.3, 0.4) is 0 Å². The number of benzene rings is 1. The van der Waals surface area contributed by atoms with Crippen LogP contribution >= 0.6 is 0 Å². The van der Waals surface area contributed by atoms with E-state index in [-0.39, 0.29) is 37.5 Å². The number of guanidine groups is 1. The average Bonchev–Trinajstić information content (AvgIpc) is 2.80. The second-order valence-corrected chi connectivity index (χ2v) is 8.30. The average molecular weight is 523 g/mol. The second-order valence-electron chi connectivity index (χ2n) is 8.30. The van der Waals surface area contributed by atoms with Gasteiger partial charge in [0.25, 0.3) is 0 Å². The van der Waals surface area contributed by atoms with E-state index >= 15 is 0 Å². The Labute approximate surface area is 213 Å². The van der Waals surface area contributed by atoms with E-state index < -0.39 is 60.2 Å². The molecule has 15 heteroatoms. The largest absolute Gasteiger partial charge is 0.508 e. The van der Waals surface area contributed by atoms with Crippen LogP contribution < -0.4 is 38.9 Å². The highest BCUT2D eigenvalue weighted by molar-refractivity contribution is 5.96. The molecule has 4 unspecified atom stereocenters. The first kappa shape index (κ1) is 30.6. The predicted molar refractivity (Wildman–Crippen MR) is 133 cm³/mol. The fourth-order valence-electron chi connectivity index (χ4n) is 3.10. The Morgan fingerprint density at radius 2 is 1.43 bits per heavy atom. The fraction of sp³-hybridized carbons (Fsp3) is 0.455. The smallest absolute Gasteiger partial charge is 0.326 e. The summed E-state index contributed by atoms with van der Waals surface area (Å²) < 4.78 is 0. The van der Waals surface area contributed by atoms with E-state index in [1.54, 1.807) is 0 Å². The van der Waals surface area contributed by atoms with Crippen LogP contribution in [0.2, 0.25) is 0 Å². The molecule has 0 spiro atoms. The van der Waals surface area contributed by atoms with Crippen LogP contribution in [0.25, 0.3) is 0 Å². The molecule has 0 aliphatic carbocycles. The van der Waals surface area contributed by atoms with Crippen molar-refractivity contribution in [3.05, 3.63) is 29.8 Å². The van der Waals surface area contributed by atoms with Gasteiger partial charge < -0.3 is 49.1 Å². The maximum Gasteiger partial charge on any atom is 0.326 e. The lowest BCUT2D eigenvalue weighted by Crippen LogP contribution is -2.57. The Hall–Kier alpha value is -4.40. The quantitative estimate of drug-likeness (QED) is 0.0630. The van der Waals surface area contributed by atoms with Crippen molar-refractivity contribution in [3.8, 4) is 5.75 Å². The lowest BCUT2D eigenvalue weighted by atomic mass is 10.0. The molecule has 0 saturated carbocycles. The number of aliphatic imine (C=N–C) groups is 1. The van der Waals surface area contributed by atoms with Gasteiger partial charge in [0.2, 0.25) is 23.6 Å². The number of hydrogen-bond acceptors (Lipinski definition) is 8. The van der Waals surface area contributed by atoms with Crippen LogP contribution in [-0.2, 0) is 30.4 Å². The zero-order valence-corrected chi connectivity index (χ0v) is 20.3. The summed E-state index contributed by atoms with van der Waals surface area (Å²) >= 11 is 0. The van der Waals surface area contributed by atoms with Crippen LogP contribution in [0.5, 0.6) is 5.75 Å². The lowest BCUT2D eigenvalue weighted by Gasteiger charge is -2.24. The molecule has 0 heterocycles. The summed E-state index contributed by atoms with van der Waals surface area (Å²) in [6, 6.07) is 0.627. The molecule has 4 atom stereocenters. The SMILES string of the molecule is CC(N)C(=O)NC(CCCN=C(N)N)C(=O)NC(CC(N)=O)C(=O)NC(Cc1ccc(O)cc1)C(=O)O. The molecular formula is C22H34N8O7. The van der Waals surface area contributed by atoms with Crippen LogP contribution in [0, 0.1) is 0 Å². The van der Waals surface area contributed by atoms with Crippen LogP contribution in [0.15, 0.2) is 29.3 Å². The number of phenols is 1. The number of carbonyl (C=O) groups is 5.